The number of anilines is 1. The standard InChI is InChI=1S/C15H15BrClNO/c1-10(12-5-3-4-6-15(12)19-2)18-14-8-7-11(16)9-13(14)17/h3-10,18H,1-2H3. The Hall–Kier alpha value is -1.19. The quantitative estimate of drug-likeness (QED) is 0.817. The molecule has 0 aromatic heterocycles. The normalized spacial score (nSPS) is 12.0. The first-order valence-corrected chi connectivity index (χ1v) is 7.13. The summed E-state index contributed by atoms with van der Waals surface area (Å²) in [6.45, 7) is 2.08. The first kappa shape index (κ1) is 14.2. The Morgan fingerprint density at radius 2 is 1.95 bits per heavy atom. The third kappa shape index (κ3) is 3.43. The first-order chi connectivity index (χ1) is 9.11. The fourth-order valence-corrected chi connectivity index (χ4v) is 2.67. The van der Waals surface area contributed by atoms with Crippen molar-refractivity contribution in [1.82, 2.24) is 0 Å². The van der Waals surface area contributed by atoms with E-state index in [-0.39, 0.29) is 6.04 Å². The van der Waals surface area contributed by atoms with Crippen LogP contribution in [0.3, 0.4) is 0 Å². The molecule has 2 aromatic rings. The number of halogens is 2. The second-order valence-corrected chi connectivity index (χ2v) is 5.56. The molecule has 0 radical (unpaired) electrons. The van der Waals surface area contributed by atoms with Crippen molar-refractivity contribution in [2.75, 3.05) is 12.4 Å². The molecule has 0 saturated carbocycles. The summed E-state index contributed by atoms with van der Waals surface area (Å²) in [5, 5.41) is 4.09. The van der Waals surface area contributed by atoms with Gasteiger partial charge in [0.1, 0.15) is 5.75 Å². The molecule has 0 heterocycles. The van der Waals surface area contributed by atoms with E-state index in [4.69, 9.17) is 16.3 Å². The zero-order valence-electron chi connectivity index (χ0n) is 10.8. The van der Waals surface area contributed by atoms with Crippen LogP contribution in [0.1, 0.15) is 18.5 Å². The van der Waals surface area contributed by atoms with Crippen LogP contribution in [0.25, 0.3) is 0 Å². The Morgan fingerprint density at radius 1 is 1.21 bits per heavy atom. The van der Waals surface area contributed by atoms with E-state index in [1.54, 1.807) is 7.11 Å². The van der Waals surface area contributed by atoms with Crippen LogP contribution in [0.4, 0.5) is 5.69 Å². The van der Waals surface area contributed by atoms with Crippen molar-refractivity contribution < 1.29 is 4.74 Å². The summed E-state index contributed by atoms with van der Waals surface area (Å²) in [7, 11) is 1.68. The maximum absolute atomic E-state index is 6.21. The van der Waals surface area contributed by atoms with Crippen LogP contribution in [-0.2, 0) is 0 Å². The lowest BCUT2D eigenvalue weighted by Crippen LogP contribution is -2.08. The maximum atomic E-state index is 6.21. The molecule has 19 heavy (non-hydrogen) atoms. The minimum absolute atomic E-state index is 0.106. The van der Waals surface area contributed by atoms with Crippen LogP contribution in [0.15, 0.2) is 46.9 Å². The monoisotopic (exact) mass is 339 g/mol. The van der Waals surface area contributed by atoms with Crippen molar-refractivity contribution in [3.63, 3.8) is 0 Å². The fraction of sp³-hybridized carbons (Fsp3) is 0.200. The number of methoxy groups -OCH3 is 1. The van der Waals surface area contributed by atoms with Gasteiger partial charge in [0, 0.05) is 10.0 Å². The lowest BCUT2D eigenvalue weighted by molar-refractivity contribution is 0.408. The second-order valence-electron chi connectivity index (χ2n) is 4.23. The van der Waals surface area contributed by atoms with E-state index in [1.807, 2.05) is 42.5 Å². The summed E-state index contributed by atoms with van der Waals surface area (Å²) < 4.78 is 6.34. The highest BCUT2D eigenvalue weighted by molar-refractivity contribution is 9.10. The lowest BCUT2D eigenvalue weighted by atomic mass is 10.1. The van der Waals surface area contributed by atoms with Gasteiger partial charge in [-0.15, -0.1) is 0 Å². The third-order valence-electron chi connectivity index (χ3n) is 2.91. The molecular formula is C15H15BrClNO. The number of para-hydroxylation sites is 1. The highest BCUT2D eigenvalue weighted by atomic mass is 79.9. The van der Waals surface area contributed by atoms with Gasteiger partial charge >= 0.3 is 0 Å². The molecule has 0 aliphatic heterocycles. The zero-order valence-corrected chi connectivity index (χ0v) is 13.1. The topological polar surface area (TPSA) is 21.3 Å². The summed E-state index contributed by atoms with van der Waals surface area (Å²) in [5.74, 6) is 0.871. The molecule has 0 saturated heterocycles. The molecule has 0 aliphatic rings. The Morgan fingerprint density at radius 3 is 2.63 bits per heavy atom. The fourth-order valence-electron chi connectivity index (χ4n) is 1.94. The summed E-state index contributed by atoms with van der Waals surface area (Å²) >= 11 is 9.61. The number of benzene rings is 2. The highest BCUT2D eigenvalue weighted by Crippen LogP contribution is 2.31. The average molecular weight is 341 g/mol. The Bertz CT molecular complexity index is 574. The molecule has 100 valence electrons. The van der Waals surface area contributed by atoms with Gasteiger partial charge in [-0.05, 0) is 31.2 Å². The summed E-state index contributed by atoms with van der Waals surface area (Å²) in [6.07, 6.45) is 0. The van der Waals surface area contributed by atoms with Crippen LogP contribution in [0.5, 0.6) is 5.75 Å². The van der Waals surface area contributed by atoms with Crippen molar-refractivity contribution in [1.29, 1.82) is 0 Å². The number of ether oxygens (including phenoxy) is 1. The largest absolute Gasteiger partial charge is 0.496 e. The van der Waals surface area contributed by atoms with Gasteiger partial charge in [-0.2, -0.15) is 0 Å². The van der Waals surface area contributed by atoms with Crippen molar-refractivity contribution in [3.8, 4) is 5.75 Å². The van der Waals surface area contributed by atoms with Crippen LogP contribution in [0, 0.1) is 0 Å². The van der Waals surface area contributed by atoms with E-state index in [9.17, 15) is 0 Å². The average Bonchev–Trinajstić information content (AvgIpc) is 2.41. The van der Waals surface area contributed by atoms with Gasteiger partial charge in [0.25, 0.3) is 0 Å². The molecule has 1 N–H and O–H groups in total. The van der Waals surface area contributed by atoms with Crippen molar-refractivity contribution in [2.45, 2.75) is 13.0 Å². The molecule has 1 atom stereocenters. The molecule has 0 aliphatic carbocycles. The van der Waals surface area contributed by atoms with E-state index >= 15 is 0 Å². The zero-order chi connectivity index (χ0) is 13.8. The van der Waals surface area contributed by atoms with Gasteiger partial charge in [-0.3, -0.25) is 0 Å². The minimum Gasteiger partial charge on any atom is -0.496 e. The molecule has 4 heteroatoms. The molecule has 0 amide bonds. The molecule has 2 rings (SSSR count). The molecule has 0 bridgehead atoms. The van der Waals surface area contributed by atoms with E-state index in [0.717, 1.165) is 21.5 Å². The van der Waals surface area contributed by atoms with Crippen molar-refractivity contribution in [2.24, 2.45) is 0 Å². The SMILES string of the molecule is COc1ccccc1C(C)Nc1ccc(Br)cc1Cl. The van der Waals surface area contributed by atoms with Gasteiger partial charge in [-0.25, -0.2) is 0 Å². The number of rotatable bonds is 4. The minimum atomic E-state index is 0.106. The van der Waals surface area contributed by atoms with Gasteiger partial charge in [-0.1, -0.05) is 45.7 Å². The highest BCUT2D eigenvalue weighted by Gasteiger charge is 2.12. The van der Waals surface area contributed by atoms with E-state index in [2.05, 4.69) is 28.2 Å². The maximum Gasteiger partial charge on any atom is 0.124 e. The van der Waals surface area contributed by atoms with E-state index < -0.39 is 0 Å². The molecule has 1 unspecified atom stereocenters. The third-order valence-corrected chi connectivity index (χ3v) is 3.71. The molecular weight excluding hydrogens is 326 g/mol. The van der Waals surface area contributed by atoms with E-state index in [0.29, 0.717) is 5.02 Å². The van der Waals surface area contributed by atoms with Gasteiger partial charge in [0.05, 0.1) is 23.9 Å². The van der Waals surface area contributed by atoms with Crippen LogP contribution >= 0.6 is 27.5 Å². The molecule has 2 nitrogen and oxygen atoms in total. The Labute approximate surface area is 126 Å². The number of nitrogens with one attached hydrogen (secondary N) is 1. The number of hydrogen-bond donors (Lipinski definition) is 1. The summed E-state index contributed by atoms with van der Waals surface area (Å²) in [4.78, 5) is 0. The summed E-state index contributed by atoms with van der Waals surface area (Å²) in [6, 6.07) is 13.9. The van der Waals surface area contributed by atoms with Gasteiger partial charge < -0.3 is 10.1 Å². The summed E-state index contributed by atoms with van der Waals surface area (Å²) in [5.41, 5.74) is 2.01. The van der Waals surface area contributed by atoms with Crippen LogP contribution in [0.2, 0.25) is 5.02 Å². The molecule has 0 fully saturated rings. The van der Waals surface area contributed by atoms with Crippen LogP contribution in [-0.4, -0.2) is 7.11 Å². The van der Waals surface area contributed by atoms with Crippen LogP contribution < -0.4 is 10.1 Å². The Balaban J connectivity index is 2.23. The second kappa shape index (κ2) is 6.31. The molecule has 0 spiro atoms. The van der Waals surface area contributed by atoms with Crippen molar-refractivity contribution >= 4 is 33.2 Å². The molecule has 2 aromatic carbocycles. The van der Waals surface area contributed by atoms with E-state index in [1.165, 1.54) is 0 Å². The number of hydrogen-bond acceptors (Lipinski definition) is 2. The van der Waals surface area contributed by atoms with Gasteiger partial charge in [0.15, 0.2) is 0 Å². The Kier molecular flexibility index (Phi) is 4.72. The van der Waals surface area contributed by atoms with Gasteiger partial charge in [0.2, 0.25) is 0 Å². The lowest BCUT2D eigenvalue weighted by Gasteiger charge is -2.19. The first-order valence-electron chi connectivity index (χ1n) is 5.96. The van der Waals surface area contributed by atoms with Crippen molar-refractivity contribution in [3.05, 3.63) is 57.5 Å². The smallest absolute Gasteiger partial charge is 0.124 e. The predicted molar refractivity (Wildman–Crippen MR) is 84.2 cm³/mol. The predicted octanol–water partition coefficient (Wildman–Crippen LogP) is 5.28.